The summed E-state index contributed by atoms with van der Waals surface area (Å²) in [6, 6.07) is 23.8. The number of nitrogens with zero attached hydrogens (tertiary/aromatic N) is 2. The van der Waals surface area contributed by atoms with E-state index < -0.39 is 0 Å². The molecule has 0 aliphatic rings. The highest BCUT2D eigenvalue weighted by molar-refractivity contribution is 7.10. The number of carbonyl (C=O) groups excluding carboxylic acids is 1. The number of nitrogens with one attached hydrogen (secondary N) is 1. The predicted molar refractivity (Wildman–Crippen MR) is 117 cm³/mol. The van der Waals surface area contributed by atoms with Crippen LogP contribution in [0.4, 0.5) is 0 Å². The van der Waals surface area contributed by atoms with Gasteiger partial charge in [-0.3, -0.25) is 9.48 Å². The Kier molecular flexibility index (Phi) is 5.58. The van der Waals surface area contributed by atoms with Crippen molar-refractivity contribution in [3.05, 3.63) is 111 Å². The number of rotatable bonds is 6. The molecule has 5 heteroatoms. The molecule has 4 rings (SSSR count). The molecule has 0 bridgehead atoms. The zero-order valence-electron chi connectivity index (χ0n) is 16.5. The average Bonchev–Trinajstić information content (AvgIpc) is 3.37. The molecule has 1 N–H and O–H groups in total. The second-order valence-electron chi connectivity index (χ2n) is 7.11. The number of carbonyl (C=O) groups is 1. The monoisotopic (exact) mass is 401 g/mol. The fourth-order valence-corrected chi connectivity index (χ4v) is 4.21. The summed E-state index contributed by atoms with van der Waals surface area (Å²) in [5.74, 6) is -0.0788. The maximum atomic E-state index is 12.9. The standard InChI is InChI=1S/C24H23N3OS/c1-17-15-18(2)27(26-17)16-19-10-12-21(13-11-19)24(28)25-23(22-9-6-14-29-22)20-7-4-3-5-8-20/h3-15,23H,16H2,1-2H3,(H,25,28). The molecule has 1 amide bonds. The van der Waals surface area contributed by atoms with Gasteiger partial charge in [-0.15, -0.1) is 11.3 Å². The van der Waals surface area contributed by atoms with Crippen LogP contribution in [0, 0.1) is 13.8 Å². The van der Waals surface area contributed by atoms with E-state index in [1.807, 2.05) is 77.6 Å². The molecule has 146 valence electrons. The fourth-order valence-electron chi connectivity index (χ4n) is 3.40. The van der Waals surface area contributed by atoms with Crippen molar-refractivity contribution in [1.29, 1.82) is 0 Å². The molecule has 2 heterocycles. The first-order valence-electron chi connectivity index (χ1n) is 9.59. The minimum Gasteiger partial charge on any atom is -0.340 e. The molecular formula is C24H23N3OS. The Hall–Kier alpha value is -3.18. The van der Waals surface area contributed by atoms with Gasteiger partial charge in [-0.2, -0.15) is 5.10 Å². The molecule has 0 radical (unpaired) electrons. The Morgan fingerprint density at radius 3 is 2.41 bits per heavy atom. The van der Waals surface area contributed by atoms with Crippen LogP contribution in [0.2, 0.25) is 0 Å². The highest BCUT2D eigenvalue weighted by Crippen LogP contribution is 2.26. The molecule has 29 heavy (non-hydrogen) atoms. The van der Waals surface area contributed by atoms with Gasteiger partial charge in [0, 0.05) is 16.1 Å². The molecule has 4 aromatic rings. The van der Waals surface area contributed by atoms with Crippen molar-refractivity contribution in [3.63, 3.8) is 0 Å². The summed E-state index contributed by atoms with van der Waals surface area (Å²) in [6.07, 6.45) is 0. The van der Waals surface area contributed by atoms with E-state index in [9.17, 15) is 4.79 Å². The number of amides is 1. The van der Waals surface area contributed by atoms with Crippen LogP contribution in [0.5, 0.6) is 0 Å². The van der Waals surface area contributed by atoms with Crippen LogP contribution < -0.4 is 5.32 Å². The van der Waals surface area contributed by atoms with E-state index >= 15 is 0 Å². The van der Waals surface area contributed by atoms with Crippen molar-refractivity contribution in [2.45, 2.75) is 26.4 Å². The first-order valence-corrected chi connectivity index (χ1v) is 10.5. The van der Waals surface area contributed by atoms with E-state index in [0.717, 1.165) is 27.4 Å². The Bertz CT molecular complexity index is 1080. The van der Waals surface area contributed by atoms with Crippen molar-refractivity contribution in [3.8, 4) is 0 Å². The first kappa shape index (κ1) is 19.2. The molecular weight excluding hydrogens is 378 g/mol. The fraction of sp³-hybridized carbons (Fsp3) is 0.167. The average molecular weight is 402 g/mol. The summed E-state index contributed by atoms with van der Waals surface area (Å²) in [5.41, 5.74) is 4.99. The minimum absolute atomic E-state index is 0.0788. The zero-order valence-corrected chi connectivity index (χ0v) is 17.3. The van der Waals surface area contributed by atoms with Gasteiger partial charge < -0.3 is 5.32 Å². The van der Waals surface area contributed by atoms with Crippen LogP contribution in [0.3, 0.4) is 0 Å². The molecule has 0 saturated heterocycles. The van der Waals surface area contributed by atoms with Crippen molar-refractivity contribution in [1.82, 2.24) is 15.1 Å². The van der Waals surface area contributed by atoms with Gasteiger partial charge in [-0.05, 0) is 54.6 Å². The number of aryl methyl sites for hydroxylation is 2. The lowest BCUT2D eigenvalue weighted by molar-refractivity contribution is 0.0943. The minimum atomic E-state index is -0.155. The third-order valence-electron chi connectivity index (χ3n) is 4.89. The van der Waals surface area contributed by atoms with E-state index in [-0.39, 0.29) is 11.9 Å². The van der Waals surface area contributed by atoms with Crippen LogP contribution >= 0.6 is 11.3 Å². The normalized spacial score (nSPS) is 11.9. The van der Waals surface area contributed by atoms with Crippen LogP contribution in [0.25, 0.3) is 0 Å². The molecule has 0 aliphatic heterocycles. The lowest BCUT2D eigenvalue weighted by Gasteiger charge is -2.18. The molecule has 1 unspecified atom stereocenters. The lowest BCUT2D eigenvalue weighted by Crippen LogP contribution is -2.28. The van der Waals surface area contributed by atoms with Gasteiger partial charge in [-0.1, -0.05) is 48.5 Å². The van der Waals surface area contributed by atoms with Crippen LogP contribution in [-0.4, -0.2) is 15.7 Å². The van der Waals surface area contributed by atoms with Crippen molar-refractivity contribution >= 4 is 17.2 Å². The Morgan fingerprint density at radius 2 is 1.79 bits per heavy atom. The van der Waals surface area contributed by atoms with E-state index in [1.54, 1.807) is 11.3 Å². The van der Waals surface area contributed by atoms with Crippen LogP contribution in [0.1, 0.15) is 43.8 Å². The summed E-state index contributed by atoms with van der Waals surface area (Å²) in [7, 11) is 0. The third-order valence-corrected chi connectivity index (χ3v) is 5.83. The molecule has 0 aliphatic carbocycles. The van der Waals surface area contributed by atoms with Gasteiger partial charge in [0.25, 0.3) is 5.91 Å². The molecule has 2 aromatic heterocycles. The van der Waals surface area contributed by atoms with Gasteiger partial charge in [0.1, 0.15) is 0 Å². The smallest absolute Gasteiger partial charge is 0.252 e. The zero-order chi connectivity index (χ0) is 20.2. The second kappa shape index (κ2) is 8.45. The summed E-state index contributed by atoms with van der Waals surface area (Å²) in [5, 5.41) is 9.72. The van der Waals surface area contributed by atoms with Gasteiger partial charge in [0.2, 0.25) is 0 Å². The lowest BCUT2D eigenvalue weighted by atomic mass is 10.0. The summed E-state index contributed by atoms with van der Waals surface area (Å²) >= 11 is 1.65. The van der Waals surface area contributed by atoms with E-state index in [2.05, 4.69) is 29.5 Å². The predicted octanol–water partition coefficient (Wildman–Crippen LogP) is 5.13. The first-order chi connectivity index (χ1) is 14.1. The number of hydrogen-bond donors (Lipinski definition) is 1. The van der Waals surface area contributed by atoms with E-state index in [0.29, 0.717) is 12.1 Å². The van der Waals surface area contributed by atoms with Gasteiger partial charge >= 0.3 is 0 Å². The molecule has 0 spiro atoms. The molecule has 2 aromatic carbocycles. The van der Waals surface area contributed by atoms with Crippen LogP contribution in [-0.2, 0) is 6.54 Å². The van der Waals surface area contributed by atoms with Gasteiger partial charge in [0.15, 0.2) is 0 Å². The van der Waals surface area contributed by atoms with Gasteiger partial charge in [0.05, 0.1) is 18.3 Å². The summed E-state index contributed by atoms with van der Waals surface area (Å²) in [6.45, 7) is 4.74. The highest BCUT2D eigenvalue weighted by Gasteiger charge is 2.18. The largest absolute Gasteiger partial charge is 0.340 e. The molecule has 0 saturated carbocycles. The highest BCUT2D eigenvalue weighted by atomic mass is 32.1. The molecule has 1 atom stereocenters. The summed E-state index contributed by atoms with van der Waals surface area (Å²) in [4.78, 5) is 14.0. The topological polar surface area (TPSA) is 46.9 Å². The summed E-state index contributed by atoms with van der Waals surface area (Å²) < 4.78 is 1.98. The van der Waals surface area contributed by atoms with Crippen molar-refractivity contribution in [2.24, 2.45) is 0 Å². The number of benzene rings is 2. The maximum Gasteiger partial charge on any atom is 0.252 e. The van der Waals surface area contributed by atoms with E-state index in [1.165, 1.54) is 0 Å². The second-order valence-corrected chi connectivity index (χ2v) is 8.09. The van der Waals surface area contributed by atoms with E-state index in [4.69, 9.17) is 0 Å². The third kappa shape index (κ3) is 4.46. The molecule has 4 nitrogen and oxygen atoms in total. The number of aromatic nitrogens is 2. The number of hydrogen-bond acceptors (Lipinski definition) is 3. The van der Waals surface area contributed by atoms with Gasteiger partial charge in [-0.25, -0.2) is 0 Å². The van der Waals surface area contributed by atoms with Crippen molar-refractivity contribution < 1.29 is 4.79 Å². The Morgan fingerprint density at radius 1 is 1.03 bits per heavy atom. The molecule has 0 fully saturated rings. The SMILES string of the molecule is Cc1cc(C)n(Cc2ccc(C(=O)NC(c3ccccc3)c3cccs3)cc2)n1. The Balaban J connectivity index is 1.50. The Labute approximate surface area is 174 Å². The van der Waals surface area contributed by atoms with Crippen molar-refractivity contribution in [2.75, 3.05) is 0 Å². The number of thiophene rings is 1. The quantitative estimate of drug-likeness (QED) is 0.487. The maximum absolute atomic E-state index is 12.9. The van der Waals surface area contributed by atoms with Crippen LogP contribution in [0.15, 0.2) is 78.2 Å².